The summed E-state index contributed by atoms with van der Waals surface area (Å²) in [4.78, 5) is 37.4. The first kappa shape index (κ1) is 29.6. The number of amides is 2. The van der Waals surface area contributed by atoms with Crippen molar-refractivity contribution in [3.8, 4) is 11.1 Å². The van der Waals surface area contributed by atoms with Crippen LogP contribution in [0.2, 0.25) is 0 Å². The Labute approximate surface area is 240 Å². The normalized spacial score (nSPS) is 12.3. The first-order valence-electron chi connectivity index (χ1n) is 13.7. The van der Waals surface area contributed by atoms with Gasteiger partial charge in [0.05, 0.1) is 0 Å². The van der Waals surface area contributed by atoms with Gasteiger partial charge in [0.2, 0.25) is 0 Å². The van der Waals surface area contributed by atoms with Crippen LogP contribution >= 0.6 is 0 Å². The van der Waals surface area contributed by atoms with E-state index in [4.69, 9.17) is 14.2 Å². The van der Waals surface area contributed by atoms with E-state index in [2.05, 4.69) is 22.9 Å². The number of hydrogen-bond donors (Lipinski definition) is 2. The maximum Gasteiger partial charge on any atom is 0.421 e. The predicted molar refractivity (Wildman–Crippen MR) is 155 cm³/mol. The molecule has 0 saturated carbocycles. The molecule has 1 aliphatic carbocycles. The topological polar surface area (TPSA) is 106 Å². The second-order valence-electron chi connectivity index (χ2n) is 10.8. The van der Waals surface area contributed by atoms with Crippen molar-refractivity contribution in [3.05, 3.63) is 95.6 Å². The third kappa shape index (κ3) is 8.81. The van der Waals surface area contributed by atoms with E-state index in [1.54, 1.807) is 20.8 Å². The van der Waals surface area contributed by atoms with Crippen molar-refractivity contribution in [2.45, 2.75) is 45.3 Å². The summed E-state index contributed by atoms with van der Waals surface area (Å²) in [5, 5.41) is 4.11. The van der Waals surface area contributed by atoms with Gasteiger partial charge in [0.25, 0.3) is 0 Å². The molecule has 1 aliphatic rings. The minimum atomic E-state index is -0.678. The average molecular weight is 560 g/mol. The Morgan fingerprint density at radius 2 is 1.41 bits per heavy atom. The number of alkyl carbamates (subject to hydrolysis) is 1. The summed E-state index contributed by atoms with van der Waals surface area (Å²) in [6, 6.07) is 25.5. The van der Waals surface area contributed by atoms with Gasteiger partial charge in [0.1, 0.15) is 25.4 Å². The number of benzene rings is 3. The van der Waals surface area contributed by atoms with Crippen molar-refractivity contribution in [2.75, 3.05) is 26.2 Å². The number of fused-ring (bicyclic) bond motifs is 3. The van der Waals surface area contributed by atoms with E-state index in [0.29, 0.717) is 6.42 Å². The van der Waals surface area contributed by atoms with Crippen molar-refractivity contribution in [3.63, 3.8) is 0 Å². The SMILES string of the molecule is CC(C)(C)OC(=O)NCCCN(CC(=O)OCc1ccccc1)NC(=O)OCC1c2ccccc2-c2ccccc21. The van der Waals surface area contributed by atoms with Crippen LogP contribution in [0.1, 0.15) is 49.8 Å². The third-order valence-corrected chi connectivity index (χ3v) is 6.43. The molecule has 4 rings (SSSR count). The van der Waals surface area contributed by atoms with Crippen LogP contribution in [0.5, 0.6) is 0 Å². The molecule has 0 bridgehead atoms. The molecule has 2 N–H and O–H groups in total. The molecule has 0 spiro atoms. The molecule has 3 aromatic carbocycles. The highest BCUT2D eigenvalue weighted by molar-refractivity contribution is 5.79. The van der Waals surface area contributed by atoms with E-state index in [1.165, 1.54) is 5.01 Å². The molecular weight excluding hydrogens is 522 g/mol. The smallest absolute Gasteiger partial charge is 0.421 e. The molecule has 0 heterocycles. The van der Waals surface area contributed by atoms with Gasteiger partial charge in [-0.25, -0.2) is 14.6 Å². The number of nitrogens with one attached hydrogen (secondary N) is 2. The molecule has 0 unspecified atom stereocenters. The molecular formula is C32H37N3O6. The Morgan fingerprint density at radius 1 is 0.805 bits per heavy atom. The number of ether oxygens (including phenoxy) is 3. The maximum atomic E-state index is 12.9. The summed E-state index contributed by atoms with van der Waals surface area (Å²) in [5.74, 6) is -0.594. The molecule has 0 aromatic heterocycles. The molecule has 0 aliphatic heterocycles. The fraction of sp³-hybridized carbons (Fsp3) is 0.344. The van der Waals surface area contributed by atoms with Gasteiger partial charge >= 0.3 is 18.2 Å². The quantitative estimate of drug-likeness (QED) is 0.140. The van der Waals surface area contributed by atoms with Crippen LogP contribution < -0.4 is 10.7 Å². The lowest BCUT2D eigenvalue weighted by Crippen LogP contribution is -2.47. The molecule has 216 valence electrons. The van der Waals surface area contributed by atoms with Crippen molar-refractivity contribution in [1.82, 2.24) is 15.8 Å². The number of carbonyl (C=O) groups is 3. The Bertz CT molecular complexity index is 1290. The third-order valence-electron chi connectivity index (χ3n) is 6.43. The Hall–Kier alpha value is -4.37. The highest BCUT2D eigenvalue weighted by atomic mass is 16.6. The molecule has 0 fully saturated rings. The van der Waals surface area contributed by atoms with E-state index in [-0.39, 0.29) is 38.8 Å². The molecule has 0 saturated heterocycles. The molecule has 9 heteroatoms. The first-order chi connectivity index (χ1) is 19.7. The van der Waals surface area contributed by atoms with Gasteiger partial charge in [0, 0.05) is 19.0 Å². The van der Waals surface area contributed by atoms with Gasteiger partial charge in [-0.05, 0) is 55.0 Å². The Morgan fingerprint density at radius 3 is 2.05 bits per heavy atom. The molecule has 0 radical (unpaired) electrons. The number of rotatable bonds is 11. The Balaban J connectivity index is 1.33. The Kier molecular flexibility index (Phi) is 9.97. The van der Waals surface area contributed by atoms with Crippen molar-refractivity contribution >= 4 is 18.2 Å². The molecule has 41 heavy (non-hydrogen) atoms. The molecule has 2 amide bonds. The first-order valence-corrected chi connectivity index (χ1v) is 13.7. The largest absolute Gasteiger partial charge is 0.460 e. The minimum Gasteiger partial charge on any atom is -0.460 e. The summed E-state index contributed by atoms with van der Waals surface area (Å²) in [7, 11) is 0. The van der Waals surface area contributed by atoms with Crippen LogP contribution in [0, 0.1) is 0 Å². The number of hydrazine groups is 1. The fourth-order valence-corrected chi connectivity index (χ4v) is 4.65. The number of esters is 1. The van der Waals surface area contributed by atoms with E-state index in [0.717, 1.165) is 27.8 Å². The van der Waals surface area contributed by atoms with Crippen LogP contribution in [0.15, 0.2) is 78.9 Å². The maximum absolute atomic E-state index is 12.9. The average Bonchev–Trinajstić information content (AvgIpc) is 3.26. The summed E-state index contributed by atoms with van der Waals surface area (Å²) in [5.41, 5.74) is 7.41. The summed E-state index contributed by atoms with van der Waals surface area (Å²) < 4.78 is 16.3. The summed E-state index contributed by atoms with van der Waals surface area (Å²) >= 11 is 0. The van der Waals surface area contributed by atoms with Crippen LogP contribution in [-0.4, -0.2) is 55.0 Å². The van der Waals surface area contributed by atoms with Gasteiger partial charge < -0.3 is 19.5 Å². The van der Waals surface area contributed by atoms with Crippen LogP contribution in [0.25, 0.3) is 11.1 Å². The molecule has 3 aromatic rings. The van der Waals surface area contributed by atoms with Gasteiger partial charge in [-0.2, -0.15) is 0 Å². The number of nitrogens with zero attached hydrogens (tertiary/aromatic N) is 1. The van der Waals surface area contributed by atoms with Crippen molar-refractivity contribution < 1.29 is 28.6 Å². The zero-order valence-electron chi connectivity index (χ0n) is 23.7. The standard InChI is InChI=1S/C32H37N3O6/c1-32(2,3)41-30(37)33-18-11-19-35(20-29(36)39-21-23-12-5-4-6-13-23)34-31(38)40-22-28-26-16-9-7-14-24(26)25-15-8-10-17-27(25)28/h4-10,12-17,28H,11,18-22H2,1-3H3,(H,33,37)(H,34,38). The van der Waals surface area contributed by atoms with Crippen LogP contribution in [0.3, 0.4) is 0 Å². The summed E-state index contributed by atoms with van der Waals surface area (Å²) in [6.07, 6.45) is -0.770. The zero-order chi connectivity index (χ0) is 29.2. The predicted octanol–water partition coefficient (Wildman–Crippen LogP) is 5.40. The van der Waals surface area contributed by atoms with Gasteiger partial charge in [-0.15, -0.1) is 0 Å². The number of hydrogen-bond acceptors (Lipinski definition) is 7. The van der Waals surface area contributed by atoms with Crippen LogP contribution in [-0.2, 0) is 25.6 Å². The molecule has 9 nitrogen and oxygen atoms in total. The van der Waals surface area contributed by atoms with E-state index >= 15 is 0 Å². The van der Waals surface area contributed by atoms with E-state index < -0.39 is 23.8 Å². The van der Waals surface area contributed by atoms with E-state index in [1.807, 2.05) is 66.7 Å². The minimum absolute atomic E-state index is 0.0875. The zero-order valence-corrected chi connectivity index (χ0v) is 23.7. The highest BCUT2D eigenvalue weighted by Gasteiger charge is 2.29. The molecule has 0 atom stereocenters. The monoisotopic (exact) mass is 559 g/mol. The summed E-state index contributed by atoms with van der Waals surface area (Å²) in [6.45, 7) is 5.99. The highest BCUT2D eigenvalue weighted by Crippen LogP contribution is 2.44. The lowest BCUT2D eigenvalue weighted by molar-refractivity contribution is -0.147. The second-order valence-corrected chi connectivity index (χ2v) is 10.8. The van der Waals surface area contributed by atoms with Gasteiger partial charge in [-0.1, -0.05) is 78.9 Å². The second kappa shape index (κ2) is 13.8. The van der Waals surface area contributed by atoms with Crippen LogP contribution in [0.4, 0.5) is 9.59 Å². The van der Waals surface area contributed by atoms with Gasteiger partial charge in [-0.3, -0.25) is 10.2 Å². The van der Waals surface area contributed by atoms with E-state index in [9.17, 15) is 14.4 Å². The lowest BCUT2D eigenvalue weighted by Gasteiger charge is -2.23. The van der Waals surface area contributed by atoms with Gasteiger partial charge in [0.15, 0.2) is 0 Å². The number of carbonyl (C=O) groups excluding carboxylic acids is 3. The lowest BCUT2D eigenvalue weighted by atomic mass is 9.98. The fourth-order valence-electron chi connectivity index (χ4n) is 4.65. The van der Waals surface area contributed by atoms with Crippen molar-refractivity contribution in [1.29, 1.82) is 0 Å². The van der Waals surface area contributed by atoms with Crippen molar-refractivity contribution in [2.24, 2.45) is 0 Å².